The van der Waals surface area contributed by atoms with Gasteiger partial charge in [-0.25, -0.2) is 8.42 Å². The van der Waals surface area contributed by atoms with Crippen LogP contribution in [0.15, 0.2) is 28.5 Å². The number of carbonyl (C=O) groups is 1. The van der Waals surface area contributed by atoms with Gasteiger partial charge in [-0.3, -0.25) is 4.79 Å². The molecule has 1 aromatic heterocycles. The van der Waals surface area contributed by atoms with Gasteiger partial charge in [0.2, 0.25) is 10.0 Å². The summed E-state index contributed by atoms with van der Waals surface area (Å²) in [4.78, 5) is 13.0. The minimum absolute atomic E-state index is 0.0827. The third kappa shape index (κ3) is 4.57. The Morgan fingerprint density at radius 3 is 2.77 bits per heavy atom. The molecule has 3 heterocycles. The van der Waals surface area contributed by atoms with Crippen LogP contribution in [-0.2, 0) is 16.4 Å². The summed E-state index contributed by atoms with van der Waals surface area (Å²) in [6.07, 6.45) is 0.527. The number of thioether (sulfide) groups is 1. The van der Waals surface area contributed by atoms with Gasteiger partial charge in [-0.05, 0) is 35.6 Å². The van der Waals surface area contributed by atoms with E-state index in [2.05, 4.69) is 5.32 Å². The molecule has 0 saturated carbocycles. The van der Waals surface area contributed by atoms with Crippen LogP contribution in [0.2, 0.25) is 5.02 Å². The van der Waals surface area contributed by atoms with E-state index < -0.39 is 15.9 Å². The van der Waals surface area contributed by atoms with E-state index in [9.17, 15) is 13.2 Å². The lowest BCUT2D eigenvalue weighted by atomic mass is 10.1. The van der Waals surface area contributed by atoms with Crippen LogP contribution in [0.25, 0.3) is 0 Å². The van der Waals surface area contributed by atoms with Crippen molar-refractivity contribution >= 4 is 50.6 Å². The van der Waals surface area contributed by atoms with Gasteiger partial charge in [0.25, 0.3) is 5.91 Å². The van der Waals surface area contributed by atoms with E-state index in [0.717, 1.165) is 28.4 Å². The number of halogens is 1. The third-order valence-corrected chi connectivity index (χ3v) is 8.99. The Labute approximate surface area is 188 Å². The largest absolute Gasteiger partial charge is 0.486 e. The van der Waals surface area contributed by atoms with Crippen LogP contribution in [-0.4, -0.2) is 63.0 Å². The molecule has 0 radical (unpaired) electrons. The molecule has 0 atom stereocenters. The number of benzene rings is 1. The zero-order chi connectivity index (χ0) is 21.1. The summed E-state index contributed by atoms with van der Waals surface area (Å²) in [7, 11) is -3.67. The van der Waals surface area contributed by atoms with Gasteiger partial charge in [0.15, 0.2) is 11.5 Å². The van der Waals surface area contributed by atoms with Crippen LogP contribution in [0.4, 0.5) is 0 Å². The van der Waals surface area contributed by atoms with Gasteiger partial charge in [-0.1, -0.05) is 11.6 Å². The van der Waals surface area contributed by atoms with Crippen molar-refractivity contribution in [3.8, 4) is 11.5 Å². The summed E-state index contributed by atoms with van der Waals surface area (Å²) in [5.41, 5.74) is 0.898. The average molecular weight is 489 g/mol. The second-order valence-electron chi connectivity index (χ2n) is 6.74. The molecule has 7 nitrogen and oxygen atoms in total. The number of nitrogens with zero attached hydrogens (tertiary/aromatic N) is 1. The molecule has 162 valence electrons. The fraction of sp³-hybridized carbons (Fsp3) is 0.421. The molecule has 0 unspecified atom stereocenters. The molecule has 2 aliphatic heterocycles. The molecule has 11 heteroatoms. The molecule has 1 aromatic carbocycles. The van der Waals surface area contributed by atoms with Crippen molar-refractivity contribution in [2.24, 2.45) is 0 Å². The quantitative estimate of drug-likeness (QED) is 0.673. The lowest BCUT2D eigenvalue weighted by Crippen LogP contribution is -2.38. The van der Waals surface area contributed by atoms with Crippen LogP contribution >= 0.6 is 34.7 Å². The summed E-state index contributed by atoms with van der Waals surface area (Å²) in [6.45, 7) is 2.20. The average Bonchev–Trinajstić information content (AvgIpc) is 3.25. The normalized spacial score (nSPS) is 17.0. The fourth-order valence-electron chi connectivity index (χ4n) is 3.30. The van der Waals surface area contributed by atoms with E-state index in [-0.39, 0.29) is 9.77 Å². The molecule has 2 aromatic rings. The van der Waals surface area contributed by atoms with E-state index in [0.29, 0.717) is 55.8 Å². The Hall–Kier alpha value is -1.46. The molecule has 4 rings (SSSR count). The van der Waals surface area contributed by atoms with Gasteiger partial charge < -0.3 is 14.8 Å². The molecular formula is C19H21ClN2O5S3. The second-order valence-corrected chi connectivity index (χ2v) is 11.2. The number of ether oxygens (including phenoxy) is 2. The smallest absolute Gasteiger partial charge is 0.262 e. The Morgan fingerprint density at radius 2 is 1.97 bits per heavy atom. The highest BCUT2D eigenvalue weighted by Crippen LogP contribution is 2.38. The maximum atomic E-state index is 12.9. The van der Waals surface area contributed by atoms with Gasteiger partial charge in [0, 0.05) is 31.1 Å². The minimum atomic E-state index is -3.67. The molecule has 2 aliphatic rings. The predicted octanol–water partition coefficient (Wildman–Crippen LogP) is 2.88. The first kappa shape index (κ1) is 21.8. The van der Waals surface area contributed by atoms with Crippen LogP contribution in [0.1, 0.15) is 15.2 Å². The molecule has 0 aliphatic carbocycles. The molecule has 30 heavy (non-hydrogen) atoms. The van der Waals surface area contributed by atoms with Gasteiger partial charge >= 0.3 is 0 Å². The summed E-state index contributed by atoms with van der Waals surface area (Å²) in [5, 5.41) is 4.93. The molecule has 0 spiro atoms. The zero-order valence-electron chi connectivity index (χ0n) is 16.1. The lowest BCUT2D eigenvalue weighted by Gasteiger charge is -2.25. The van der Waals surface area contributed by atoms with Gasteiger partial charge in [-0.2, -0.15) is 16.1 Å². The number of amides is 1. The monoisotopic (exact) mass is 488 g/mol. The van der Waals surface area contributed by atoms with E-state index >= 15 is 0 Å². The van der Waals surface area contributed by atoms with Crippen molar-refractivity contribution < 1.29 is 22.7 Å². The van der Waals surface area contributed by atoms with Crippen LogP contribution < -0.4 is 14.8 Å². The zero-order valence-corrected chi connectivity index (χ0v) is 19.3. The predicted molar refractivity (Wildman–Crippen MR) is 119 cm³/mol. The lowest BCUT2D eigenvalue weighted by molar-refractivity contribution is 0.0955. The van der Waals surface area contributed by atoms with Crippen molar-refractivity contribution in [2.75, 3.05) is 44.4 Å². The highest BCUT2D eigenvalue weighted by Gasteiger charge is 2.31. The van der Waals surface area contributed by atoms with Crippen molar-refractivity contribution in [1.29, 1.82) is 0 Å². The van der Waals surface area contributed by atoms with Crippen molar-refractivity contribution in [3.63, 3.8) is 0 Å². The van der Waals surface area contributed by atoms with E-state index in [1.54, 1.807) is 23.2 Å². The number of hydrogen-bond acceptors (Lipinski definition) is 7. The van der Waals surface area contributed by atoms with Crippen LogP contribution in [0, 0.1) is 0 Å². The van der Waals surface area contributed by atoms with Crippen LogP contribution in [0.3, 0.4) is 0 Å². The minimum Gasteiger partial charge on any atom is -0.486 e. The third-order valence-electron chi connectivity index (χ3n) is 4.78. The van der Waals surface area contributed by atoms with Crippen molar-refractivity contribution in [3.05, 3.63) is 39.0 Å². The SMILES string of the molecule is O=C(NCCc1cc(Cl)c2c(c1)OCCO2)c1sccc1S(=O)(=O)N1CCSCC1. The first-order valence-electron chi connectivity index (χ1n) is 9.48. The molecule has 1 saturated heterocycles. The van der Waals surface area contributed by atoms with Crippen molar-refractivity contribution in [1.82, 2.24) is 9.62 Å². The maximum absolute atomic E-state index is 12.9. The number of thiophene rings is 1. The Balaban J connectivity index is 1.41. The molecule has 1 N–H and O–H groups in total. The standard InChI is InChI=1S/C19H21ClN2O5S3/c20-14-11-13(12-15-17(14)27-7-6-26-15)1-3-21-19(23)18-16(2-8-29-18)30(24,25)22-4-9-28-10-5-22/h2,8,11-12H,1,3-7,9-10H2,(H,21,23). The Kier molecular flexibility index (Phi) is 6.78. The van der Waals surface area contributed by atoms with Crippen molar-refractivity contribution in [2.45, 2.75) is 11.3 Å². The number of carbonyl (C=O) groups excluding carboxylic acids is 1. The van der Waals surface area contributed by atoms with Gasteiger partial charge in [0.05, 0.1) is 5.02 Å². The Bertz CT molecular complexity index is 1030. The number of hydrogen-bond donors (Lipinski definition) is 1. The van der Waals surface area contributed by atoms with E-state index in [4.69, 9.17) is 21.1 Å². The fourth-order valence-corrected chi connectivity index (χ4v) is 7.48. The van der Waals surface area contributed by atoms with Gasteiger partial charge in [0.1, 0.15) is 23.0 Å². The highest BCUT2D eigenvalue weighted by atomic mass is 35.5. The summed E-state index contributed by atoms with van der Waals surface area (Å²) in [6, 6.07) is 5.15. The molecule has 1 fully saturated rings. The molecular weight excluding hydrogens is 468 g/mol. The molecule has 0 bridgehead atoms. The van der Waals surface area contributed by atoms with Gasteiger partial charge in [-0.15, -0.1) is 11.3 Å². The van der Waals surface area contributed by atoms with E-state index in [1.807, 2.05) is 6.07 Å². The summed E-state index contributed by atoms with van der Waals surface area (Å²) in [5.74, 6) is 2.28. The van der Waals surface area contributed by atoms with Crippen LogP contribution in [0.5, 0.6) is 11.5 Å². The maximum Gasteiger partial charge on any atom is 0.262 e. The summed E-state index contributed by atoms with van der Waals surface area (Å²) >= 11 is 9.12. The summed E-state index contributed by atoms with van der Waals surface area (Å²) < 4.78 is 38.4. The first-order valence-corrected chi connectivity index (χ1v) is 13.3. The topological polar surface area (TPSA) is 84.9 Å². The first-order chi connectivity index (χ1) is 14.5. The molecule has 1 amide bonds. The number of sulfonamides is 1. The number of nitrogens with one attached hydrogen (secondary N) is 1. The number of rotatable bonds is 6. The van der Waals surface area contributed by atoms with E-state index in [1.165, 1.54) is 10.4 Å². The Morgan fingerprint density at radius 1 is 1.20 bits per heavy atom. The highest BCUT2D eigenvalue weighted by molar-refractivity contribution is 7.99. The number of fused-ring (bicyclic) bond motifs is 1. The second kappa shape index (κ2) is 9.35.